The van der Waals surface area contributed by atoms with Gasteiger partial charge in [0.2, 0.25) is 5.91 Å². The van der Waals surface area contributed by atoms with Gasteiger partial charge in [-0.05, 0) is 18.6 Å². The molecule has 17 heavy (non-hydrogen) atoms. The molecule has 1 unspecified atom stereocenters. The number of hydrogen-bond donors (Lipinski definition) is 2. The van der Waals surface area contributed by atoms with E-state index in [1.807, 2.05) is 0 Å². The molecule has 2 amide bonds. The number of anilines is 1. The largest absolute Gasteiger partial charge is 0.397 e. The zero-order valence-electron chi connectivity index (χ0n) is 9.30. The quantitative estimate of drug-likeness (QED) is 0.727. The normalized spacial score (nSPS) is 19.3. The number of aromatic nitrogens is 1. The van der Waals surface area contributed by atoms with Crippen molar-refractivity contribution in [3.8, 4) is 0 Å². The smallest absolute Gasteiger partial charge is 0.272 e. The molecule has 1 aromatic rings. The number of amides is 2. The highest BCUT2D eigenvalue weighted by atomic mass is 16.2. The van der Waals surface area contributed by atoms with E-state index >= 15 is 0 Å². The van der Waals surface area contributed by atoms with Crippen LogP contribution in [0.25, 0.3) is 0 Å². The van der Waals surface area contributed by atoms with Crippen LogP contribution < -0.4 is 11.5 Å². The fourth-order valence-electron chi connectivity index (χ4n) is 1.87. The number of likely N-dealkylation sites (tertiary alicyclic amines) is 1. The van der Waals surface area contributed by atoms with Gasteiger partial charge in [0.1, 0.15) is 5.69 Å². The summed E-state index contributed by atoms with van der Waals surface area (Å²) in [6.45, 7) is 0.915. The fraction of sp³-hybridized carbons (Fsp3) is 0.364. The molecule has 0 aliphatic carbocycles. The summed E-state index contributed by atoms with van der Waals surface area (Å²) in [5, 5.41) is 0. The van der Waals surface area contributed by atoms with E-state index in [0.29, 0.717) is 30.9 Å². The molecule has 6 nitrogen and oxygen atoms in total. The van der Waals surface area contributed by atoms with Crippen LogP contribution in [0, 0.1) is 5.92 Å². The van der Waals surface area contributed by atoms with Crippen LogP contribution in [-0.4, -0.2) is 34.8 Å². The molecule has 1 saturated heterocycles. The van der Waals surface area contributed by atoms with Crippen molar-refractivity contribution in [2.75, 3.05) is 18.8 Å². The van der Waals surface area contributed by atoms with Crippen LogP contribution in [0.5, 0.6) is 0 Å². The molecule has 2 heterocycles. The Morgan fingerprint density at radius 1 is 1.41 bits per heavy atom. The number of rotatable bonds is 2. The standard InChI is InChI=1S/C11H14N4O2/c12-8-1-2-9(14-5-8)11(17)15-4-3-7(6-15)10(13)16/h1-2,5,7H,3-4,6,12H2,(H2,13,16). The molecule has 0 bridgehead atoms. The zero-order chi connectivity index (χ0) is 12.4. The zero-order valence-corrected chi connectivity index (χ0v) is 9.30. The molecule has 1 aliphatic rings. The number of carbonyl (C=O) groups is 2. The van der Waals surface area contributed by atoms with Crippen molar-refractivity contribution >= 4 is 17.5 Å². The number of carbonyl (C=O) groups excluding carboxylic acids is 2. The minimum Gasteiger partial charge on any atom is -0.397 e. The Hall–Kier alpha value is -2.11. The van der Waals surface area contributed by atoms with Crippen LogP contribution in [0.3, 0.4) is 0 Å². The molecule has 6 heteroatoms. The predicted octanol–water partition coefficient (Wildman–Crippen LogP) is -0.389. The van der Waals surface area contributed by atoms with Gasteiger partial charge in [-0.1, -0.05) is 0 Å². The molecule has 1 aromatic heterocycles. The maximum atomic E-state index is 12.0. The molecule has 90 valence electrons. The third kappa shape index (κ3) is 2.35. The average molecular weight is 234 g/mol. The lowest BCUT2D eigenvalue weighted by Crippen LogP contribution is -2.32. The number of hydrogen-bond acceptors (Lipinski definition) is 4. The lowest BCUT2D eigenvalue weighted by molar-refractivity contribution is -0.121. The highest BCUT2D eigenvalue weighted by Crippen LogP contribution is 2.17. The summed E-state index contributed by atoms with van der Waals surface area (Å²) in [6, 6.07) is 3.21. The third-order valence-corrected chi connectivity index (χ3v) is 2.88. The van der Waals surface area contributed by atoms with Crippen LogP contribution in [0.1, 0.15) is 16.9 Å². The maximum absolute atomic E-state index is 12.0. The van der Waals surface area contributed by atoms with Gasteiger partial charge in [-0.2, -0.15) is 0 Å². The van der Waals surface area contributed by atoms with E-state index < -0.39 is 0 Å². The SMILES string of the molecule is NC(=O)C1CCN(C(=O)c2ccc(N)cn2)C1. The van der Waals surface area contributed by atoms with Crippen molar-refractivity contribution in [3.05, 3.63) is 24.0 Å². The molecular weight excluding hydrogens is 220 g/mol. The van der Waals surface area contributed by atoms with Crippen molar-refractivity contribution in [1.29, 1.82) is 0 Å². The van der Waals surface area contributed by atoms with Crippen molar-refractivity contribution in [3.63, 3.8) is 0 Å². The first-order valence-corrected chi connectivity index (χ1v) is 5.38. The Kier molecular flexibility index (Phi) is 2.95. The van der Waals surface area contributed by atoms with Gasteiger partial charge in [0, 0.05) is 13.1 Å². The van der Waals surface area contributed by atoms with Gasteiger partial charge in [-0.15, -0.1) is 0 Å². The molecule has 0 aromatic carbocycles. The summed E-state index contributed by atoms with van der Waals surface area (Å²) in [4.78, 5) is 28.6. The lowest BCUT2D eigenvalue weighted by Gasteiger charge is -2.15. The molecule has 0 spiro atoms. The monoisotopic (exact) mass is 234 g/mol. The number of primary amides is 1. The van der Waals surface area contributed by atoms with Crippen molar-refractivity contribution < 1.29 is 9.59 Å². The van der Waals surface area contributed by atoms with Crippen LogP contribution in [0.2, 0.25) is 0 Å². The Balaban J connectivity index is 2.07. The first-order chi connectivity index (χ1) is 8.08. The molecule has 1 aliphatic heterocycles. The first kappa shape index (κ1) is 11.4. The van der Waals surface area contributed by atoms with Gasteiger partial charge < -0.3 is 16.4 Å². The molecule has 4 N–H and O–H groups in total. The molecular formula is C11H14N4O2. The van der Waals surface area contributed by atoms with Gasteiger partial charge in [0.15, 0.2) is 0 Å². The summed E-state index contributed by atoms with van der Waals surface area (Å²) in [5.41, 5.74) is 11.6. The van der Waals surface area contributed by atoms with Crippen LogP contribution in [0.4, 0.5) is 5.69 Å². The van der Waals surface area contributed by atoms with Gasteiger partial charge in [-0.25, -0.2) is 4.98 Å². The van der Waals surface area contributed by atoms with Gasteiger partial charge >= 0.3 is 0 Å². The second-order valence-electron chi connectivity index (χ2n) is 4.12. The van der Waals surface area contributed by atoms with Crippen LogP contribution >= 0.6 is 0 Å². The number of pyridine rings is 1. The second-order valence-corrected chi connectivity index (χ2v) is 4.12. The minimum atomic E-state index is -0.356. The molecule has 1 atom stereocenters. The van der Waals surface area contributed by atoms with Crippen molar-refractivity contribution in [1.82, 2.24) is 9.88 Å². The van der Waals surface area contributed by atoms with Crippen molar-refractivity contribution in [2.45, 2.75) is 6.42 Å². The topological polar surface area (TPSA) is 102 Å². The average Bonchev–Trinajstić information content (AvgIpc) is 2.78. The maximum Gasteiger partial charge on any atom is 0.272 e. The number of nitrogens with two attached hydrogens (primary N) is 2. The van der Waals surface area contributed by atoms with Crippen molar-refractivity contribution in [2.24, 2.45) is 11.7 Å². The Morgan fingerprint density at radius 2 is 2.18 bits per heavy atom. The van der Waals surface area contributed by atoms with Gasteiger partial charge in [-0.3, -0.25) is 9.59 Å². The highest BCUT2D eigenvalue weighted by molar-refractivity contribution is 5.93. The number of nitrogens with zero attached hydrogens (tertiary/aromatic N) is 2. The van der Waals surface area contributed by atoms with E-state index in [1.54, 1.807) is 17.0 Å². The summed E-state index contributed by atoms with van der Waals surface area (Å²) in [6.07, 6.45) is 2.06. The van der Waals surface area contributed by atoms with Crippen LogP contribution in [0.15, 0.2) is 18.3 Å². The summed E-state index contributed by atoms with van der Waals surface area (Å²) >= 11 is 0. The second kappa shape index (κ2) is 4.40. The minimum absolute atomic E-state index is 0.186. The highest BCUT2D eigenvalue weighted by Gasteiger charge is 2.30. The van der Waals surface area contributed by atoms with Crippen LogP contribution in [-0.2, 0) is 4.79 Å². The number of nitrogen functional groups attached to an aromatic ring is 1. The summed E-state index contributed by atoms with van der Waals surface area (Å²) in [5.74, 6) is -0.785. The Labute approximate surface area is 98.6 Å². The van der Waals surface area contributed by atoms with E-state index in [2.05, 4.69) is 4.98 Å². The fourth-order valence-corrected chi connectivity index (χ4v) is 1.87. The molecule has 2 rings (SSSR count). The van der Waals surface area contributed by atoms with Gasteiger partial charge in [0.25, 0.3) is 5.91 Å². The van der Waals surface area contributed by atoms with E-state index in [0.717, 1.165) is 0 Å². The molecule has 0 radical (unpaired) electrons. The Morgan fingerprint density at radius 3 is 2.71 bits per heavy atom. The molecule has 0 saturated carbocycles. The summed E-state index contributed by atoms with van der Waals surface area (Å²) < 4.78 is 0. The van der Waals surface area contributed by atoms with E-state index in [9.17, 15) is 9.59 Å². The molecule has 1 fully saturated rings. The predicted molar refractivity (Wildman–Crippen MR) is 61.9 cm³/mol. The van der Waals surface area contributed by atoms with E-state index in [1.165, 1.54) is 6.20 Å². The first-order valence-electron chi connectivity index (χ1n) is 5.38. The van der Waals surface area contributed by atoms with E-state index in [4.69, 9.17) is 11.5 Å². The lowest BCUT2D eigenvalue weighted by atomic mass is 10.1. The Bertz CT molecular complexity index is 443. The van der Waals surface area contributed by atoms with E-state index in [-0.39, 0.29) is 17.7 Å². The third-order valence-electron chi connectivity index (χ3n) is 2.88. The van der Waals surface area contributed by atoms with Gasteiger partial charge in [0.05, 0.1) is 17.8 Å². The summed E-state index contributed by atoms with van der Waals surface area (Å²) in [7, 11) is 0.